The Morgan fingerprint density at radius 1 is 1.07 bits per heavy atom. The van der Waals surface area contributed by atoms with Gasteiger partial charge in [-0.25, -0.2) is 13.1 Å². The zero-order valence-electron chi connectivity index (χ0n) is 16.8. The Hall–Kier alpha value is -2.49. The molecule has 1 amide bonds. The number of benzene rings is 2. The molecule has 0 saturated carbocycles. The zero-order chi connectivity index (χ0) is 21.7. The fraction of sp³-hybridized carbons (Fsp3) is 0.300. The maximum atomic E-state index is 12.5. The van der Waals surface area contributed by atoms with Crippen molar-refractivity contribution in [3.05, 3.63) is 54.1 Å². The average Bonchev–Trinajstić information content (AvgIpc) is 2.60. The highest BCUT2D eigenvalue weighted by Gasteiger charge is 2.21. The number of ether oxygens (including phenoxy) is 1. The van der Waals surface area contributed by atoms with Crippen molar-refractivity contribution < 1.29 is 17.9 Å². The normalized spacial score (nSPS) is 11.6. The molecule has 3 N–H and O–H groups in total. The lowest BCUT2D eigenvalue weighted by atomic mass is 10.1. The van der Waals surface area contributed by atoms with E-state index in [9.17, 15) is 13.2 Å². The Morgan fingerprint density at radius 2 is 1.69 bits per heavy atom. The van der Waals surface area contributed by atoms with Crippen molar-refractivity contribution in [1.29, 1.82) is 0 Å². The molecule has 0 aliphatic rings. The number of amides is 1. The molecule has 0 unspecified atom stereocenters. The molecule has 0 fully saturated rings. The maximum absolute atomic E-state index is 12.5. The van der Waals surface area contributed by atoms with Crippen molar-refractivity contribution in [2.24, 2.45) is 0 Å². The molecule has 0 spiro atoms. The third kappa shape index (κ3) is 6.81. The van der Waals surface area contributed by atoms with Crippen molar-refractivity contribution in [1.82, 2.24) is 10.0 Å². The third-order valence-electron chi connectivity index (χ3n) is 3.52. The highest BCUT2D eigenvalue weighted by Crippen LogP contribution is 2.18. The predicted octanol–water partition coefficient (Wildman–Crippen LogP) is 3.29. The Kier molecular flexibility index (Phi) is 7.34. The minimum atomic E-state index is -3.62. The van der Waals surface area contributed by atoms with Crippen LogP contribution in [-0.2, 0) is 10.0 Å². The van der Waals surface area contributed by atoms with Gasteiger partial charge in [0.05, 0.1) is 17.1 Å². The number of anilines is 1. The summed E-state index contributed by atoms with van der Waals surface area (Å²) in [5, 5.41) is 5.54. The lowest BCUT2D eigenvalue weighted by molar-refractivity contribution is 0.0974. The van der Waals surface area contributed by atoms with E-state index in [4.69, 9.17) is 17.0 Å². The molecule has 0 atom stereocenters. The summed E-state index contributed by atoms with van der Waals surface area (Å²) in [7, 11) is -3.62. The molecular weight excluding hydrogens is 410 g/mol. The quantitative estimate of drug-likeness (QED) is 0.603. The Morgan fingerprint density at radius 3 is 2.28 bits per heavy atom. The molecule has 2 aromatic carbocycles. The molecular formula is C20H25N3O4S2. The molecule has 0 heterocycles. The SMILES string of the molecule is CCOc1ccccc1C(=O)NC(=S)Nc1ccc(S(=O)(=O)NC(C)(C)C)cc1. The lowest BCUT2D eigenvalue weighted by Gasteiger charge is -2.20. The zero-order valence-corrected chi connectivity index (χ0v) is 18.4. The number of hydrogen-bond acceptors (Lipinski definition) is 5. The van der Waals surface area contributed by atoms with Gasteiger partial charge in [0, 0.05) is 11.2 Å². The van der Waals surface area contributed by atoms with E-state index >= 15 is 0 Å². The number of hydrogen-bond donors (Lipinski definition) is 3. The van der Waals surface area contributed by atoms with E-state index in [1.807, 2.05) is 6.92 Å². The summed E-state index contributed by atoms with van der Waals surface area (Å²) in [4.78, 5) is 12.6. The van der Waals surface area contributed by atoms with Crippen molar-refractivity contribution in [2.45, 2.75) is 38.1 Å². The van der Waals surface area contributed by atoms with Crippen LogP contribution in [0.4, 0.5) is 5.69 Å². The summed E-state index contributed by atoms with van der Waals surface area (Å²) in [6.07, 6.45) is 0. The first-order valence-corrected chi connectivity index (χ1v) is 10.9. The van der Waals surface area contributed by atoms with Crippen LogP contribution >= 0.6 is 12.2 Å². The number of para-hydroxylation sites is 1. The van der Waals surface area contributed by atoms with Crippen LogP contribution in [0.25, 0.3) is 0 Å². The Balaban J connectivity index is 2.04. The first-order valence-electron chi connectivity index (χ1n) is 9.00. The van der Waals surface area contributed by atoms with Gasteiger partial charge < -0.3 is 10.1 Å². The molecule has 0 aliphatic carbocycles. The van der Waals surface area contributed by atoms with E-state index in [1.165, 1.54) is 12.1 Å². The molecule has 0 aliphatic heterocycles. The van der Waals surface area contributed by atoms with Crippen molar-refractivity contribution in [2.75, 3.05) is 11.9 Å². The third-order valence-corrected chi connectivity index (χ3v) is 5.50. The van der Waals surface area contributed by atoms with Gasteiger partial charge in [-0.05, 0) is 76.3 Å². The molecule has 29 heavy (non-hydrogen) atoms. The molecule has 2 rings (SSSR count). The second kappa shape index (κ2) is 9.34. The van der Waals surface area contributed by atoms with Gasteiger partial charge in [0.1, 0.15) is 5.75 Å². The second-order valence-corrected chi connectivity index (χ2v) is 9.31. The first kappa shape index (κ1) is 22.8. The van der Waals surface area contributed by atoms with Crippen LogP contribution in [0.1, 0.15) is 38.1 Å². The van der Waals surface area contributed by atoms with Crippen LogP contribution in [0.3, 0.4) is 0 Å². The highest BCUT2D eigenvalue weighted by molar-refractivity contribution is 7.89. The standard InChI is InChI=1S/C20H25N3O4S2/c1-5-27-17-9-7-6-8-16(17)18(24)22-19(28)21-14-10-12-15(13-11-14)29(25,26)23-20(2,3)4/h6-13,23H,5H2,1-4H3,(H2,21,22,24,28). The number of nitrogens with one attached hydrogen (secondary N) is 3. The van der Waals surface area contributed by atoms with Gasteiger partial charge in [0.25, 0.3) is 5.91 Å². The van der Waals surface area contributed by atoms with Crippen LogP contribution in [0.2, 0.25) is 0 Å². The predicted molar refractivity (Wildman–Crippen MR) is 118 cm³/mol. The highest BCUT2D eigenvalue weighted by atomic mass is 32.2. The summed E-state index contributed by atoms with van der Waals surface area (Å²) in [6, 6.07) is 12.9. The van der Waals surface area contributed by atoms with E-state index in [-0.39, 0.29) is 10.0 Å². The van der Waals surface area contributed by atoms with E-state index in [0.717, 1.165) is 0 Å². The molecule has 0 saturated heterocycles. The average molecular weight is 436 g/mol. The van der Waals surface area contributed by atoms with Crippen LogP contribution in [0, 0.1) is 0 Å². The number of thiocarbonyl (C=S) groups is 1. The fourth-order valence-electron chi connectivity index (χ4n) is 2.45. The topological polar surface area (TPSA) is 96.5 Å². The van der Waals surface area contributed by atoms with Crippen LogP contribution in [0.5, 0.6) is 5.75 Å². The minimum Gasteiger partial charge on any atom is -0.493 e. The fourth-order valence-corrected chi connectivity index (χ4v) is 4.08. The Labute approximate surface area is 176 Å². The monoisotopic (exact) mass is 435 g/mol. The van der Waals surface area contributed by atoms with Crippen molar-refractivity contribution in [3.8, 4) is 5.75 Å². The van der Waals surface area contributed by atoms with E-state index in [0.29, 0.717) is 23.6 Å². The maximum Gasteiger partial charge on any atom is 0.261 e. The smallest absolute Gasteiger partial charge is 0.261 e. The molecule has 2 aromatic rings. The molecule has 0 radical (unpaired) electrons. The van der Waals surface area contributed by atoms with E-state index in [2.05, 4.69) is 15.4 Å². The minimum absolute atomic E-state index is 0.0877. The Bertz CT molecular complexity index is 982. The number of rotatable bonds is 6. The van der Waals surface area contributed by atoms with Crippen LogP contribution in [-0.4, -0.2) is 31.6 Å². The number of carbonyl (C=O) groups is 1. The lowest BCUT2D eigenvalue weighted by Crippen LogP contribution is -2.40. The summed E-state index contributed by atoms with van der Waals surface area (Å²) in [5.74, 6) is 0.0660. The first-order chi connectivity index (χ1) is 13.5. The summed E-state index contributed by atoms with van der Waals surface area (Å²) >= 11 is 5.18. The number of carbonyl (C=O) groups excluding carboxylic acids is 1. The second-order valence-electron chi connectivity index (χ2n) is 7.22. The van der Waals surface area contributed by atoms with Gasteiger partial charge in [-0.3, -0.25) is 10.1 Å². The molecule has 9 heteroatoms. The van der Waals surface area contributed by atoms with Crippen molar-refractivity contribution >= 4 is 38.9 Å². The van der Waals surface area contributed by atoms with Gasteiger partial charge in [-0.15, -0.1) is 0 Å². The largest absolute Gasteiger partial charge is 0.493 e. The van der Waals surface area contributed by atoms with Gasteiger partial charge in [0.2, 0.25) is 10.0 Å². The molecule has 0 bridgehead atoms. The van der Waals surface area contributed by atoms with Crippen molar-refractivity contribution in [3.63, 3.8) is 0 Å². The molecule has 0 aromatic heterocycles. The summed E-state index contributed by atoms with van der Waals surface area (Å²) in [6.45, 7) is 7.58. The van der Waals surface area contributed by atoms with Gasteiger partial charge in [0.15, 0.2) is 5.11 Å². The van der Waals surface area contributed by atoms with Crippen LogP contribution < -0.4 is 20.1 Å². The van der Waals surface area contributed by atoms with Gasteiger partial charge >= 0.3 is 0 Å². The van der Waals surface area contributed by atoms with Gasteiger partial charge in [-0.2, -0.15) is 0 Å². The van der Waals surface area contributed by atoms with Crippen LogP contribution in [0.15, 0.2) is 53.4 Å². The van der Waals surface area contributed by atoms with E-state index in [1.54, 1.807) is 57.2 Å². The molecule has 156 valence electrons. The van der Waals surface area contributed by atoms with Gasteiger partial charge in [-0.1, -0.05) is 12.1 Å². The molecule has 7 nitrogen and oxygen atoms in total. The number of sulfonamides is 1. The summed E-state index contributed by atoms with van der Waals surface area (Å²) in [5.41, 5.74) is 0.329. The van der Waals surface area contributed by atoms with E-state index < -0.39 is 21.5 Å². The summed E-state index contributed by atoms with van der Waals surface area (Å²) < 4.78 is 32.7.